The third kappa shape index (κ3) is 4.50. The normalized spacial score (nSPS) is 10.1. The Morgan fingerprint density at radius 2 is 1.90 bits per heavy atom. The predicted molar refractivity (Wildman–Crippen MR) is 78.2 cm³/mol. The summed E-state index contributed by atoms with van der Waals surface area (Å²) in [6.07, 6.45) is 0. The molecule has 0 fully saturated rings. The lowest BCUT2D eigenvalue weighted by molar-refractivity contribution is 0.0198. The van der Waals surface area contributed by atoms with Crippen LogP contribution in [0.1, 0.15) is 15.9 Å². The number of hydrogen-bond donors (Lipinski definition) is 2. The maximum atomic E-state index is 11.8. The monoisotopic (exact) mass is 287 g/mol. The highest BCUT2D eigenvalue weighted by atomic mass is 16.7. The Morgan fingerprint density at radius 1 is 1.14 bits per heavy atom. The quantitative estimate of drug-likeness (QED) is 0.632. The van der Waals surface area contributed by atoms with Gasteiger partial charge in [0.05, 0.1) is 5.56 Å². The molecule has 0 aliphatic heterocycles. The zero-order chi connectivity index (χ0) is 15.1. The fourth-order valence-corrected chi connectivity index (χ4v) is 1.72. The summed E-state index contributed by atoms with van der Waals surface area (Å²) in [5.74, 6) is 0.168. The van der Waals surface area contributed by atoms with E-state index in [2.05, 4.69) is 5.48 Å². The minimum atomic E-state index is -0.490. The molecule has 110 valence electrons. The maximum Gasteiger partial charge on any atom is 0.278 e. The first-order valence-electron chi connectivity index (χ1n) is 6.56. The lowest BCUT2D eigenvalue weighted by atomic mass is 10.1. The Labute approximate surface area is 123 Å². The molecule has 0 atom stereocenters. The number of benzene rings is 2. The van der Waals surface area contributed by atoms with Crippen LogP contribution >= 0.6 is 0 Å². The van der Waals surface area contributed by atoms with E-state index in [1.54, 1.807) is 12.1 Å². The topological polar surface area (TPSA) is 67.8 Å². The summed E-state index contributed by atoms with van der Waals surface area (Å²) in [4.78, 5) is 16.8. The van der Waals surface area contributed by atoms with Crippen LogP contribution in [0.2, 0.25) is 0 Å². The highest BCUT2D eigenvalue weighted by molar-refractivity contribution is 5.96. The van der Waals surface area contributed by atoms with Crippen LogP contribution in [0.4, 0.5) is 0 Å². The zero-order valence-electron chi connectivity index (χ0n) is 11.7. The van der Waals surface area contributed by atoms with E-state index in [0.29, 0.717) is 6.61 Å². The van der Waals surface area contributed by atoms with Crippen LogP contribution in [0, 0.1) is 6.92 Å². The molecular formula is C16H17NO4. The molecule has 0 heterocycles. The van der Waals surface area contributed by atoms with E-state index < -0.39 is 5.91 Å². The number of rotatable bonds is 6. The highest BCUT2D eigenvalue weighted by Gasteiger charge is 2.10. The fourth-order valence-electron chi connectivity index (χ4n) is 1.72. The molecule has 0 aliphatic carbocycles. The molecule has 2 aromatic rings. The summed E-state index contributed by atoms with van der Waals surface area (Å²) >= 11 is 0. The Balaban J connectivity index is 1.73. The Morgan fingerprint density at radius 3 is 2.67 bits per heavy atom. The molecule has 0 bridgehead atoms. The smallest absolute Gasteiger partial charge is 0.278 e. The molecule has 2 aromatic carbocycles. The molecule has 2 rings (SSSR count). The highest BCUT2D eigenvalue weighted by Crippen LogP contribution is 2.17. The van der Waals surface area contributed by atoms with E-state index in [-0.39, 0.29) is 17.9 Å². The van der Waals surface area contributed by atoms with Crippen molar-refractivity contribution >= 4 is 5.91 Å². The Bertz CT molecular complexity index is 598. The molecule has 0 saturated heterocycles. The van der Waals surface area contributed by atoms with E-state index in [1.807, 2.05) is 37.3 Å². The number of hydrogen-bond acceptors (Lipinski definition) is 4. The van der Waals surface area contributed by atoms with Crippen molar-refractivity contribution in [1.82, 2.24) is 5.48 Å². The minimum Gasteiger partial charge on any atom is -0.507 e. The van der Waals surface area contributed by atoms with Crippen LogP contribution in [0.25, 0.3) is 0 Å². The van der Waals surface area contributed by atoms with Crippen LogP contribution in [-0.2, 0) is 4.84 Å². The third-order valence-electron chi connectivity index (χ3n) is 2.76. The number of phenols is 1. The molecule has 0 unspecified atom stereocenters. The third-order valence-corrected chi connectivity index (χ3v) is 2.76. The van der Waals surface area contributed by atoms with Gasteiger partial charge in [0, 0.05) is 0 Å². The number of phenolic OH excluding ortho intramolecular Hbond substituents is 1. The van der Waals surface area contributed by atoms with Gasteiger partial charge in [-0.15, -0.1) is 0 Å². The van der Waals surface area contributed by atoms with Gasteiger partial charge in [0.25, 0.3) is 5.91 Å². The molecule has 5 heteroatoms. The number of carbonyl (C=O) groups excluding carboxylic acids is 1. The van der Waals surface area contributed by atoms with Gasteiger partial charge in [-0.2, -0.15) is 0 Å². The summed E-state index contributed by atoms with van der Waals surface area (Å²) < 4.78 is 5.41. The van der Waals surface area contributed by atoms with E-state index >= 15 is 0 Å². The van der Waals surface area contributed by atoms with Crippen LogP contribution in [0.15, 0.2) is 48.5 Å². The predicted octanol–water partition coefficient (Wildman–Crippen LogP) is 2.44. The van der Waals surface area contributed by atoms with Crippen molar-refractivity contribution in [2.24, 2.45) is 0 Å². The van der Waals surface area contributed by atoms with Crippen molar-refractivity contribution < 1.29 is 19.5 Å². The van der Waals surface area contributed by atoms with Crippen LogP contribution in [0.3, 0.4) is 0 Å². The minimum absolute atomic E-state index is 0.0813. The van der Waals surface area contributed by atoms with E-state index in [9.17, 15) is 9.90 Å². The van der Waals surface area contributed by atoms with Gasteiger partial charge in [0.1, 0.15) is 24.7 Å². The van der Waals surface area contributed by atoms with Crippen molar-refractivity contribution in [2.75, 3.05) is 13.2 Å². The second-order valence-corrected chi connectivity index (χ2v) is 4.46. The molecule has 5 nitrogen and oxygen atoms in total. The molecule has 21 heavy (non-hydrogen) atoms. The fraction of sp³-hybridized carbons (Fsp3) is 0.188. The number of carbonyl (C=O) groups is 1. The van der Waals surface area contributed by atoms with Gasteiger partial charge in [-0.25, -0.2) is 5.48 Å². The molecule has 0 aromatic heterocycles. The van der Waals surface area contributed by atoms with Crippen molar-refractivity contribution in [3.05, 3.63) is 59.7 Å². The maximum absolute atomic E-state index is 11.8. The number of ether oxygens (including phenoxy) is 1. The van der Waals surface area contributed by atoms with Crippen molar-refractivity contribution in [1.29, 1.82) is 0 Å². The first-order valence-corrected chi connectivity index (χ1v) is 6.56. The second-order valence-electron chi connectivity index (χ2n) is 4.46. The molecular weight excluding hydrogens is 270 g/mol. The number of para-hydroxylation sites is 1. The van der Waals surface area contributed by atoms with Crippen molar-refractivity contribution in [2.45, 2.75) is 6.92 Å². The van der Waals surface area contributed by atoms with Gasteiger partial charge < -0.3 is 9.84 Å². The van der Waals surface area contributed by atoms with E-state index in [4.69, 9.17) is 9.57 Å². The molecule has 0 aliphatic rings. The Hall–Kier alpha value is -2.53. The van der Waals surface area contributed by atoms with Crippen LogP contribution in [0.5, 0.6) is 11.5 Å². The van der Waals surface area contributed by atoms with Gasteiger partial charge in [-0.1, -0.05) is 29.8 Å². The van der Waals surface area contributed by atoms with Crippen LogP contribution < -0.4 is 10.2 Å². The van der Waals surface area contributed by atoms with Crippen molar-refractivity contribution in [3.8, 4) is 11.5 Å². The summed E-state index contributed by atoms with van der Waals surface area (Å²) in [5.41, 5.74) is 3.33. The number of aryl methyl sites for hydroxylation is 1. The number of nitrogens with one attached hydrogen (secondary N) is 1. The summed E-state index contributed by atoms with van der Waals surface area (Å²) in [6, 6.07) is 14.1. The lowest BCUT2D eigenvalue weighted by Crippen LogP contribution is -2.26. The number of amides is 1. The Kier molecular flexibility index (Phi) is 5.17. The van der Waals surface area contributed by atoms with Gasteiger partial charge in [0.2, 0.25) is 0 Å². The van der Waals surface area contributed by atoms with Crippen molar-refractivity contribution in [3.63, 3.8) is 0 Å². The number of aromatic hydroxyl groups is 1. The lowest BCUT2D eigenvalue weighted by Gasteiger charge is -2.09. The summed E-state index contributed by atoms with van der Waals surface area (Å²) in [7, 11) is 0. The zero-order valence-corrected chi connectivity index (χ0v) is 11.7. The standard InChI is InChI=1S/C16H17NO4/c1-12-7-8-15(18)14(11-12)16(19)17-21-10-9-20-13-5-3-2-4-6-13/h2-8,11,18H,9-10H2,1H3,(H,17,19). The summed E-state index contributed by atoms with van der Waals surface area (Å²) in [5, 5.41) is 9.62. The average Bonchev–Trinajstić information content (AvgIpc) is 2.50. The molecule has 0 radical (unpaired) electrons. The number of hydroxylamine groups is 1. The largest absolute Gasteiger partial charge is 0.507 e. The molecule has 0 spiro atoms. The SMILES string of the molecule is Cc1ccc(O)c(C(=O)NOCCOc2ccccc2)c1. The molecule has 1 amide bonds. The first-order chi connectivity index (χ1) is 10.2. The van der Waals surface area contributed by atoms with Crippen LogP contribution in [-0.4, -0.2) is 24.2 Å². The van der Waals surface area contributed by atoms with Gasteiger partial charge >= 0.3 is 0 Å². The summed E-state index contributed by atoms with van der Waals surface area (Å²) in [6.45, 7) is 2.35. The van der Waals surface area contributed by atoms with Gasteiger partial charge in [0.15, 0.2) is 0 Å². The average molecular weight is 287 g/mol. The molecule has 0 saturated carbocycles. The second kappa shape index (κ2) is 7.31. The van der Waals surface area contributed by atoms with Gasteiger partial charge in [-0.05, 0) is 31.2 Å². The van der Waals surface area contributed by atoms with E-state index in [1.165, 1.54) is 6.07 Å². The van der Waals surface area contributed by atoms with Gasteiger partial charge in [-0.3, -0.25) is 9.63 Å². The van der Waals surface area contributed by atoms with E-state index in [0.717, 1.165) is 11.3 Å². The first kappa shape index (κ1) is 14.9. The molecule has 2 N–H and O–H groups in total.